The van der Waals surface area contributed by atoms with Gasteiger partial charge in [0.15, 0.2) is 0 Å². The second-order valence-electron chi connectivity index (χ2n) is 9.55. The minimum absolute atomic E-state index is 0.0298. The van der Waals surface area contributed by atoms with E-state index in [1.165, 1.54) is 14.2 Å². The van der Waals surface area contributed by atoms with E-state index in [1.54, 1.807) is 4.90 Å². The topological polar surface area (TPSA) is 123 Å². The monoisotopic (exact) mass is 528 g/mol. The summed E-state index contributed by atoms with van der Waals surface area (Å²) in [5, 5.41) is 7.36. The molecule has 11 nitrogen and oxygen atoms in total. The molecule has 206 valence electrons. The highest BCUT2D eigenvalue weighted by molar-refractivity contribution is 5.92. The van der Waals surface area contributed by atoms with Crippen molar-refractivity contribution in [2.24, 2.45) is 0 Å². The Kier molecular flexibility index (Phi) is 9.24. The maximum atomic E-state index is 13.6. The summed E-state index contributed by atoms with van der Waals surface area (Å²) < 4.78 is 10.7. The standard InChI is InChI=1S/C27H36N4O7/c1-18-14-19-15-20(9-10-23(19)38-18)28-25(21(17-37-36-3)27(34)35-2)29-22-8-4-5-13-31(26(22)33)16-24(32)30-11-6-7-12-30/h9-10,14-15,22,28-29H,4-8,11-13,16-17H2,1-3H3/b25-21-. The quantitative estimate of drug-likeness (QED) is 0.207. The summed E-state index contributed by atoms with van der Waals surface area (Å²) in [6, 6.07) is 6.78. The molecule has 1 atom stereocenters. The number of rotatable bonds is 10. The lowest BCUT2D eigenvalue weighted by molar-refractivity contribution is -0.265. The number of ether oxygens (including phenoxy) is 1. The van der Waals surface area contributed by atoms with Crippen LogP contribution < -0.4 is 10.6 Å². The van der Waals surface area contributed by atoms with Crippen LogP contribution in [0.15, 0.2) is 40.1 Å². The molecule has 38 heavy (non-hydrogen) atoms. The van der Waals surface area contributed by atoms with E-state index in [2.05, 4.69) is 10.6 Å². The lowest BCUT2D eigenvalue weighted by Gasteiger charge is -2.28. The minimum atomic E-state index is -0.659. The molecule has 0 spiro atoms. The van der Waals surface area contributed by atoms with Crippen LogP contribution in [0.2, 0.25) is 0 Å². The molecule has 3 heterocycles. The molecule has 2 aliphatic heterocycles. The molecule has 11 heteroatoms. The van der Waals surface area contributed by atoms with Gasteiger partial charge in [0.05, 0.1) is 20.8 Å². The summed E-state index contributed by atoms with van der Waals surface area (Å²) in [5.41, 5.74) is 1.52. The van der Waals surface area contributed by atoms with Crippen LogP contribution in [-0.2, 0) is 28.9 Å². The third-order valence-corrected chi connectivity index (χ3v) is 6.85. The number of benzene rings is 1. The maximum Gasteiger partial charge on any atom is 0.339 e. The van der Waals surface area contributed by atoms with Crippen molar-refractivity contribution >= 4 is 34.4 Å². The summed E-state index contributed by atoms with van der Waals surface area (Å²) in [7, 11) is 2.62. The van der Waals surface area contributed by atoms with Gasteiger partial charge >= 0.3 is 5.97 Å². The molecule has 0 bridgehead atoms. The van der Waals surface area contributed by atoms with E-state index < -0.39 is 12.0 Å². The predicted molar refractivity (Wildman–Crippen MR) is 140 cm³/mol. The molecular formula is C27H36N4O7. The lowest BCUT2D eigenvalue weighted by Crippen LogP contribution is -2.49. The molecule has 4 rings (SSSR count). The number of fused-ring (bicyclic) bond motifs is 1. The van der Waals surface area contributed by atoms with Gasteiger partial charge < -0.3 is 29.6 Å². The molecule has 2 aliphatic rings. The van der Waals surface area contributed by atoms with Gasteiger partial charge in [0.2, 0.25) is 11.8 Å². The Morgan fingerprint density at radius 3 is 2.58 bits per heavy atom. The molecule has 0 radical (unpaired) electrons. The fourth-order valence-electron chi connectivity index (χ4n) is 4.87. The van der Waals surface area contributed by atoms with Gasteiger partial charge in [-0.3, -0.25) is 9.59 Å². The zero-order chi connectivity index (χ0) is 27.1. The molecule has 1 unspecified atom stereocenters. The van der Waals surface area contributed by atoms with Crippen molar-refractivity contribution in [2.75, 3.05) is 52.3 Å². The Labute approximate surface area is 222 Å². The number of anilines is 1. The van der Waals surface area contributed by atoms with Gasteiger partial charge in [0, 0.05) is 30.7 Å². The van der Waals surface area contributed by atoms with Crippen molar-refractivity contribution < 1.29 is 33.3 Å². The first-order chi connectivity index (χ1) is 18.4. The average molecular weight is 529 g/mol. The van der Waals surface area contributed by atoms with E-state index in [1.807, 2.05) is 36.1 Å². The first kappa shape index (κ1) is 27.5. The Bertz CT molecular complexity index is 1190. The van der Waals surface area contributed by atoms with Crippen LogP contribution in [0.1, 0.15) is 37.9 Å². The Balaban J connectivity index is 1.60. The Morgan fingerprint density at radius 2 is 1.84 bits per heavy atom. The fourth-order valence-corrected chi connectivity index (χ4v) is 4.87. The highest BCUT2D eigenvalue weighted by atomic mass is 17.2. The number of carbonyl (C=O) groups is 3. The van der Waals surface area contributed by atoms with Gasteiger partial charge in [-0.15, -0.1) is 0 Å². The van der Waals surface area contributed by atoms with Crippen LogP contribution in [0.4, 0.5) is 5.69 Å². The number of furan rings is 1. The summed E-state index contributed by atoms with van der Waals surface area (Å²) in [4.78, 5) is 52.4. The first-order valence-corrected chi connectivity index (χ1v) is 13.0. The zero-order valence-electron chi connectivity index (χ0n) is 22.2. The average Bonchev–Trinajstić information content (AvgIpc) is 3.54. The second kappa shape index (κ2) is 12.8. The van der Waals surface area contributed by atoms with Gasteiger partial charge in [-0.2, -0.15) is 0 Å². The predicted octanol–water partition coefficient (Wildman–Crippen LogP) is 2.71. The normalized spacial score (nSPS) is 18.8. The van der Waals surface area contributed by atoms with Crippen LogP contribution in [0.5, 0.6) is 0 Å². The number of esters is 1. The van der Waals surface area contributed by atoms with Crippen LogP contribution in [0.25, 0.3) is 11.0 Å². The summed E-state index contributed by atoms with van der Waals surface area (Å²) in [6.07, 6.45) is 4.10. The maximum absolute atomic E-state index is 13.6. The third-order valence-electron chi connectivity index (χ3n) is 6.85. The van der Waals surface area contributed by atoms with Gasteiger partial charge in [-0.05, 0) is 63.3 Å². The number of aryl methyl sites for hydroxylation is 1. The van der Waals surface area contributed by atoms with Crippen molar-refractivity contribution in [1.82, 2.24) is 15.1 Å². The lowest BCUT2D eigenvalue weighted by atomic mass is 10.1. The Morgan fingerprint density at radius 1 is 1.08 bits per heavy atom. The van der Waals surface area contributed by atoms with E-state index in [9.17, 15) is 14.4 Å². The molecule has 2 saturated heterocycles. The number of amides is 2. The second-order valence-corrected chi connectivity index (χ2v) is 9.55. The van der Waals surface area contributed by atoms with Gasteiger partial charge in [-0.25, -0.2) is 14.6 Å². The number of nitrogens with one attached hydrogen (secondary N) is 2. The number of methoxy groups -OCH3 is 1. The van der Waals surface area contributed by atoms with Crippen LogP contribution in [0.3, 0.4) is 0 Å². The molecular weight excluding hydrogens is 492 g/mol. The van der Waals surface area contributed by atoms with Crippen molar-refractivity contribution in [2.45, 2.75) is 45.1 Å². The highest BCUT2D eigenvalue weighted by Crippen LogP contribution is 2.24. The minimum Gasteiger partial charge on any atom is -0.465 e. The van der Waals surface area contributed by atoms with E-state index in [0.29, 0.717) is 18.7 Å². The third kappa shape index (κ3) is 6.65. The highest BCUT2D eigenvalue weighted by Gasteiger charge is 2.31. The van der Waals surface area contributed by atoms with E-state index in [-0.39, 0.29) is 36.4 Å². The summed E-state index contributed by atoms with van der Waals surface area (Å²) >= 11 is 0. The number of hydrogen-bond donors (Lipinski definition) is 2. The number of hydrogen-bond acceptors (Lipinski definition) is 9. The molecule has 2 N–H and O–H groups in total. The van der Waals surface area contributed by atoms with Crippen LogP contribution in [-0.4, -0.2) is 80.6 Å². The number of likely N-dealkylation sites (tertiary alicyclic amines) is 2. The van der Waals surface area contributed by atoms with Crippen molar-refractivity contribution in [1.29, 1.82) is 0 Å². The first-order valence-electron chi connectivity index (χ1n) is 13.0. The molecule has 0 aliphatic carbocycles. The smallest absolute Gasteiger partial charge is 0.339 e. The van der Waals surface area contributed by atoms with Gasteiger partial charge in [-0.1, -0.05) is 0 Å². The molecule has 2 fully saturated rings. The van der Waals surface area contributed by atoms with E-state index in [4.69, 9.17) is 18.9 Å². The SMILES string of the molecule is COOC/C(C(=O)OC)=C(\Nc1ccc2oc(C)cc2c1)NC1CCCCN(CC(=O)N2CCCC2)C1=O. The van der Waals surface area contributed by atoms with E-state index in [0.717, 1.165) is 55.5 Å². The van der Waals surface area contributed by atoms with E-state index >= 15 is 0 Å². The Hall–Kier alpha value is -3.57. The van der Waals surface area contributed by atoms with Crippen molar-refractivity contribution in [3.8, 4) is 0 Å². The number of carbonyl (C=O) groups excluding carboxylic acids is 3. The van der Waals surface area contributed by atoms with Gasteiger partial charge in [0.1, 0.15) is 35.4 Å². The van der Waals surface area contributed by atoms with Crippen LogP contribution in [0, 0.1) is 6.92 Å². The summed E-state index contributed by atoms with van der Waals surface area (Å²) in [5.74, 6) is 0.186. The molecule has 2 amide bonds. The molecule has 0 saturated carbocycles. The largest absolute Gasteiger partial charge is 0.465 e. The number of nitrogens with zero attached hydrogens (tertiary/aromatic N) is 2. The molecule has 2 aromatic rings. The van der Waals surface area contributed by atoms with Gasteiger partial charge in [0.25, 0.3) is 0 Å². The zero-order valence-corrected chi connectivity index (χ0v) is 22.2. The fraction of sp³-hybridized carbons (Fsp3) is 0.519. The van der Waals surface area contributed by atoms with Crippen LogP contribution >= 0.6 is 0 Å². The van der Waals surface area contributed by atoms with Crippen molar-refractivity contribution in [3.05, 3.63) is 41.4 Å². The molecule has 1 aromatic carbocycles. The summed E-state index contributed by atoms with van der Waals surface area (Å²) in [6.45, 7) is 3.69. The molecule has 1 aromatic heterocycles. The van der Waals surface area contributed by atoms with Crippen molar-refractivity contribution in [3.63, 3.8) is 0 Å².